The van der Waals surface area contributed by atoms with E-state index in [0.29, 0.717) is 5.56 Å². The fourth-order valence-electron chi connectivity index (χ4n) is 1.73. The lowest BCUT2D eigenvalue weighted by Gasteiger charge is -2.00. The standard InChI is InChI=1S/C10H11NO.2C2HF3O2.C2H5NO2/c11-10(12)9-5-4-7-2-1-3-8(7)6-9;2*3-2(4,5)1(6)7;3-1-2(4)5/h4-6H,1-3H2,(H2,11,12);2*(H,6,7);1,3H2,(H,4,5). The smallest absolute Gasteiger partial charge is 0.480 e. The fourth-order valence-corrected chi connectivity index (χ4v) is 1.73. The molecular weight excluding hydrogens is 446 g/mol. The van der Waals surface area contributed by atoms with E-state index in [0.717, 1.165) is 12.8 Å². The molecule has 0 heterocycles. The van der Waals surface area contributed by atoms with E-state index in [1.807, 2.05) is 18.2 Å². The van der Waals surface area contributed by atoms with Gasteiger partial charge in [0.15, 0.2) is 0 Å². The number of carbonyl (C=O) groups excluding carboxylic acids is 1. The summed E-state index contributed by atoms with van der Waals surface area (Å²) in [5.74, 6) is -6.81. The van der Waals surface area contributed by atoms with Crippen LogP contribution in [0.15, 0.2) is 18.2 Å². The van der Waals surface area contributed by atoms with Crippen molar-refractivity contribution < 1.29 is 60.8 Å². The van der Waals surface area contributed by atoms with Crippen molar-refractivity contribution in [3.8, 4) is 0 Å². The number of halogens is 6. The summed E-state index contributed by atoms with van der Waals surface area (Å²) in [6.45, 7) is -0.278. The zero-order chi connectivity index (χ0) is 25.0. The Labute approximate surface area is 170 Å². The average molecular weight is 464 g/mol. The molecular formula is C16H18F6N2O7. The second-order valence-electron chi connectivity index (χ2n) is 5.40. The lowest BCUT2D eigenvalue weighted by atomic mass is 10.1. The minimum Gasteiger partial charge on any atom is -0.480 e. The SMILES string of the molecule is NC(=O)c1ccc2c(c1)CCC2.NCC(=O)O.O=C(O)C(F)(F)F.O=C(O)C(F)(F)F. The molecule has 7 N–H and O–H groups in total. The molecule has 0 bridgehead atoms. The highest BCUT2D eigenvalue weighted by Crippen LogP contribution is 2.22. The molecule has 1 amide bonds. The number of carbonyl (C=O) groups is 4. The van der Waals surface area contributed by atoms with Crippen LogP contribution in [-0.4, -0.2) is 58.0 Å². The molecule has 31 heavy (non-hydrogen) atoms. The van der Waals surface area contributed by atoms with Crippen LogP contribution in [0.5, 0.6) is 0 Å². The normalized spacial score (nSPS) is 11.8. The van der Waals surface area contributed by atoms with Crippen LogP contribution >= 0.6 is 0 Å². The molecule has 15 heteroatoms. The molecule has 1 aromatic carbocycles. The van der Waals surface area contributed by atoms with Gasteiger partial charge < -0.3 is 26.8 Å². The van der Waals surface area contributed by atoms with Gasteiger partial charge in [-0.25, -0.2) is 9.59 Å². The zero-order valence-corrected chi connectivity index (χ0v) is 15.5. The molecule has 0 radical (unpaired) electrons. The van der Waals surface area contributed by atoms with E-state index in [1.165, 1.54) is 17.5 Å². The number of aryl methyl sites for hydroxylation is 2. The zero-order valence-electron chi connectivity index (χ0n) is 15.5. The fraction of sp³-hybridized carbons (Fsp3) is 0.375. The molecule has 0 aromatic heterocycles. The van der Waals surface area contributed by atoms with Crippen LogP contribution in [0.25, 0.3) is 0 Å². The topological polar surface area (TPSA) is 181 Å². The van der Waals surface area contributed by atoms with Gasteiger partial charge in [-0.2, -0.15) is 26.3 Å². The second kappa shape index (κ2) is 13.0. The van der Waals surface area contributed by atoms with Crippen molar-refractivity contribution in [2.45, 2.75) is 31.6 Å². The first-order valence-corrected chi connectivity index (χ1v) is 7.87. The highest BCUT2D eigenvalue weighted by atomic mass is 19.4. The predicted octanol–water partition coefficient (Wildman–Crippen LogP) is 1.57. The van der Waals surface area contributed by atoms with Gasteiger partial charge in [0.25, 0.3) is 0 Å². The summed E-state index contributed by atoms with van der Waals surface area (Å²) < 4.78 is 63.5. The van der Waals surface area contributed by atoms with E-state index in [1.54, 1.807) is 0 Å². The predicted molar refractivity (Wildman–Crippen MR) is 91.1 cm³/mol. The van der Waals surface area contributed by atoms with Crippen LogP contribution in [0, 0.1) is 0 Å². The molecule has 0 atom stereocenters. The number of primary amides is 1. The largest absolute Gasteiger partial charge is 0.490 e. The Kier molecular flexibility index (Phi) is 12.6. The van der Waals surface area contributed by atoms with E-state index in [4.69, 9.17) is 30.6 Å². The number of hydrogen-bond donors (Lipinski definition) is 5. The minimum atomic E-state index is -5.08. The van der Waals surface area contributed by atoms with Crippen LogP contribution in [0.2, 0.25) is 0 Å². The molecule has 176 valence electrons. The number of benzene rings is 1. The molecule has 0 aliphatic heterocycles. The third kappa shape index (κ3) is 14.3. The minimum absolute atomic E-state index is 0.278. The maximum absolute atomic E-state index is 10.8. The number of rotatable bonds is 2. The molecule has 0 saturated heterocycles. The Bertz CT molecular complexity index is 755. The lowest BCUT2D eigenvalue weighted by molar-refractivity contribution is -0.193. The van der Waals surface area contributed by atoms with Gasteiger partial charge in [0.1, 0.15) is 0 Å². The number of fused-ring (bicyclic) bond motifs is 1. The molecule has 0 fully saturated rings. The molecule has 2 rings (SSSR count). The quantitative estimate of drug-likeness (QED) is 0.409. The van der Waals surface area contributed by atoms with Crippen LogP contribution in [0.3, 0.4) is 0 Å². The van der Waals surface area contributed by atoms with E-state index < -0.39 is 30.3 Å². The lowest BCUT2D eigenvalue weighted by Crippen LogP contribution is -2.21. The van der Waals surface area contributed by atoms with E-state index in [2.05, 4.69) is 5.73 Å². The van der Waals surface area contributed by atoms with E-state index >= 15 is 0 Å². The Hall–Kier alpha value is -3.36. The summed E-state index contributed by atoms with van der Waals surface area (Å²) in [5.41, 5.74) is 13.0. The number of amides is 1. The molecule has 0 saturated carbocycles. The third-order valence-electron chi connectivity index (χ3n) is 3.04. The van der Waals surface area contributed by atoms with Crippen molar-refractivity contribution in [1.82, 2.24) is 0 Å². The van der Waals surface area contributed by atoms with E-state index in [9.17, 15) is 35.9 Å². The van der Waals surface area contributed by atoms with Gasteiger partial charge in [0, 0.05) is 5.56 Å². The first kappa shape index (κ1) is 29.8. The highest BCUT2D eigenvalue weighted by Gasteiger charge is 2.38. The van der Waals surface area contributed by atoms with Crippen molar-refractivity contribution in [3.05, 3.63) is 34.9 Å². The molecule has 1 aliphatic rings. The summed E-state index contributed by atoms with van der Waals surface area (Å²) >= 11 is 0. The van der Waals surface area contributed by atoms with Gasteiger partial charge in [0.2, 0.25) is 5.91 Å². The molecule has 9 nitrogen and oxygen atoms in total. The summed E-state index contributed by atoms with van der Waals surface area (Å²) in [7, 11) is 0. The maximum atomic E-state index is 10.8. The molecule has 0 spiro atoms. The number of carboxylic acids is 3. The summed E-state index contributed by atoms with van der Waals surface area (Å²) in [6.07, 6.45) is -6.72. The number of hydrogen-bond acceptors (Lipinski definition) is 5. The summed E-state index contributed by atoms with van der Waals surface area (Å²) in [4.78, 5) is 37.9. The van der Waals surface area contributed by atoms with Crippen LogP contribution in [0.1, 0.15) is 27.9 Å². The average Bonchev–Trinajstić information content (AvgIpc) is 3.09. The number of nitrogens with two attached hydrogens (primary N) is 2. The second-order valence-corrected chi connectivity index (χ2v) is 5.40. The van der Waals surface area contributed by atoms with Crippen molar-refractivity contribution >= 4 is 23.8 Å². The van der Waals surface area contributed by atoms with E-state index in [-0.39, 0.29) is 12.5 Å². The van der Waals surface area contributed by atoms with Gasteiger partial charge >= 0.3 is 30.3 Å². The van der Waals surface area contributed by atoms with Gasteiger partial charge in [-0.3, -0.25) is 9.59 Å². The van der Waals surface area contributed by atoms with Gasteiger partial charge in [-0.05, 0) is 42.5 Å². The number of carboxylic acid groups (broad SMARTS) is 3. The maximum Gasteiger partial charge on any atom is 0.490 e. The molecule has 1 aromatic rings. The number of alkyl halides is 6. The van der Waals surface area contributed by atoms with Crippen molar-refractivity contribution in [3.63, 3.8) is 0 Å². The Morgan fingerprint density at radius 1 is 0.839 bits per heavy atom. The highest BCUT2D eigenvalue weighted by molar-refractivity contribution is 5.93. The monoisotopic (exact) mass is 464 g/mol. The van der Waals surface area contributed by atoms with Crippen LogP contribution in [-0.2, 0) is 27.2 Å². The van der Waals surface area contributed by atoms with Crippen LogP contribution in [0.4, 0.5) is 26.3 Å². The number of aliphatic carboxylic acids is 3. The molecule has 0 unspecified atom stereocenters. The Morgan fingerprint density at radius 2 is 1.19 bits per heavy atom. The first-order valence-electron chi connectivity index (χ1n) is 7.87. The van der Waals surface area contributed by atoms with Crippen molar-refractivity contribution in [2.75, 3.05) is 6.54 Å². The van der Waals surface area contributed by atoms with Gasteiger partial charge in [0.05, 0.1) is 6.54 Å². The Balaban J connectivity index is 0. The Morgan fingerprint density at radius 3 is 1.48 bits per heavy atom. The third-order valence-corrected chi connectivity index (χ3v) is 3.04. The summed E-state index contributed by atoms with van der Waals surface area (Å²) in [5, 5.41) is 21.8. The van der Waals surface area contributed by atoms with Crippen LogP contribution < -0.4 is 11.5 Å². The van der Waals surface area contributed by atoms with Crippen molar-refractivity contribution in [1.29, 1.82) is 0 Å². The van der Waals surface area contributed by atoms with Gasteiger partial charge in [-0.15, -0.1) is 0 Å². The molecule has 1 aliphatic carbocycles. The summed E-state index contributed by atoms with van der Waals surface area (Å²) in [6, 6.07) is 5.75. The van der Waals surface area contributed by atoms with Gasteiger partial charge in [-0.1, -0.05) is 6.07 Å². The van der Waals surface area contributed by atoms with Crippen molar-refractivity contribution in [2.24, 2.45) is 11.5 Å². The first-order chi connectivity index (χ1) is 13.9.